The van der Waals surface area contributed by atoms with E-state index in [1.165, 1.54) is 11.1 Å². The molecule has 1 aromatic heterocycles. The van der Waals surface area contributed by atoms with Gasteiger partial charge in [-0.1, -0.05) is 24.3 Å². The van der Waals surface area contributed by atoms with Crippen molar-refractivity contribution in [2.24, 2.45) is 5.92 Å². The molecule has 2 aromatic rings. The number of hydrogen-bond acceptors (Lipinski definition) is 3. The molecule has 0 saturated carbocycles. The van der Waals surface area contributed by atoms with Crippen LogP contribution in [0.5, 0.6) is 5.75 Å². The van der Waals surface area contributed by atoms with Crippen molar-refractivity contribution in [3.05, 3.63) is 47.3 Å². The molecule has 0 amide bonds. The first-order chi connectivity index (χ1) is 9.74. The van der Waals surface area contributed by atoms with E-state index in [0.29, 0.717) is 5.75 Å². The van der Waals surface area contributed by atoms with E-state index in [1.807, 2.05) is 11.6 Å². The van der Waals surface area contributed by atoms with Gasteiger partial charge >= 0.3 is 0 Å². The molecule has 0 bridgehead atoms. The molecule has 3 rings (SSSR count). The molecule has 20 heavy (non-hydrogen) atoms. The van der Waals surface area contributed by atoms with Crippen LogP contribution >= 0.6 is 0 Å². The van der Waals surface area contributed by atoms with Crippen molar-refractivity contribution in [2.45, 2.75) is 32.4 Å². The van der Waals surface area contributed by atoms with E-state index in [0.717, 1.165) is 25.1 Å². The topological polar surface area (TPSA) is 47.3 Å². The molecule has 1 N–H and O–H groups in total. The third-order valence-corrected chi connectivity index (χ3v) is 4.17. The van der Waals surface area contributed by atoms with Gasteiger partial charge < -0.3 is 9.84 Å². The van der Waals surface area contributed by atoms with Crippen LogP contribution in [0.1, 0.15) is 29.8 Å². The number of rotatable bonds is 4. The van der Waals surface area contributed by atoms with Crippen molar-refractivity contribution < 1.29 is 9.84 Å². The number of methoxy groups -OCH3 is 1. The van der Waals surface area contributed by atoms with Crippen LogP contribution in [-0.4, -0.2) is 22.0 Å². The lowest BCUT2D eigenvalue weighted by Crippen LogP contribution is -2.18. The molecule has 1 heterocycles. The summed E-state index contributed by atoms with van der Waals surface area (Å²) in [4.78, 5) is 0. The van der Waals surface area contributed by atoms with Crippen molar-refractivity contribution in [3.63, 3.8) is 0 Å². The maximum atomic E-state index is 10.8. The van der Waals surface area contributed by atoms with Crippen LogP contribution in [0.4, 0.5) is 0 Å². The zero-order valence-electron chi connectivity index (χ0n) is 11.9. The van der Waals surface area contributed by atoms with Crippen LogP contribution in [0.15, 0.2) is 30.5 Å². The molecule has 1 aromatic carbocycles. The first-order valence-electron chi connectivity index (χ1n) is 7.09. The Balaban J connectivity index is 1.88. The molecule has 0 saturated heterocycles. The number of hydrogen-bond donors (Lipinski definition) is 1. The summed E-state index contributed by atoms with van der Waals surface area (Å²) in [6.45, 7) is 2.75. The number of aliphatic hydroxyl groups is 1. The second-order valence-corrected chi connectivity index (χ2v) is 5.30. The van der Waals surface area contributed by atoms with Crippen molar-refractivity contribution in [1.82, 2.24) is 9.78 Å². The number of aliphatic hydroxyl groups excluding tert-OH is 1. The molecule has 106 valence electrons. The molecule has 4 heteroatoms. The second kappa shape index (κ2) is 5.29. The van der Waals surface area contributed by atoms with Crippen molar-refractivity contribution in [3.8, 4) is 5.75 Å². The van der Waals surface area contributed by atoms with E-state index in [9.17, 15) is 5.11 Å². The fourth-order valence-electron chi connectivity index (χ4n) is 3.12. The summed E-state index contributed by atoms with van der Waals surface area (Å²) in [7, 11) is 1.62. The molecule has 4 nitrogen and oxygen atoms in total. The summed E-state index contributed by atoms with van der Waals surface area (Å²) >= 11 is 0. The van der Waals surface area contributed by atoms with Gasteiger partial charge in [0, 0.05) is 6.54 Å². The van der Waals surface area contributed by atoms with E-state index in [2.05, 4.69) is 29.4 Å². The van der Waals surface area contributed by atoms with Gasteiger partial charge in [0.1, 0.15) is 11.8 Å². The SMILES string of the molecule is CCn1ncc(OC)c1C(O)C1Cc2ccccc2C1. The molecule has 1 atom stereocenters. The van der Waals surface area contributed by atoms with Gasteiger partial charge in [-0.3, -0.25) is 4.68 Å². The summed E-state index contributed by atoms with van der Waals surface area (Å²) in [5.74, 6) is 0.874. The minimum atomic E-state index is -0.542. The zero-order valence-corrected chi connectivity index (χ0v) is 11.9. The maximum absolute atomic E-state index is 10.8. The van der Waals surface area contributed by atoms with Gasteiger partial charge in [0.25, 0.3) is 0 Å². The maximum Gasteiger partial charge on any atom is 0.162 e. The first kappa shape index (κ1) is 13.2. The first-order valence-corrected chi connectivity index (χ1v) is 7.09. The van der Waals surface area contributed by atoms with Gasteiger partial charge in [0.15, 0.2) is 5.75 Å². The summed E-state index contributed by atoms with van der Waals surface area (Å²) < 4.78 is 7.17. The lowest BCUT2D eigenvalue weighted by molar-refractivity contribution is 0.101. The lowest BCUT2D eigenvalue weighted by atomic mass is 9.96. The van der Waals surface area contributed by atoms with Crippen LogP contribution < -0.4 is 4.74 Å². The van der Waals surface area contributed by atoms with Crippen LogP contribution in [0.2, 0.25) is 0 Å². The Morgan fingerprint density at radius 2 is 2.00 bits per heavy atom. The highest BCUT2D eigenvalue weighted by molar-refractivity contribution is 5.35. The second-order valence-electron chi connectivity index (χ2n) is 5.30. The predicted molar refractivity (Wildman–Crippen MR) is 76.8 cm³/mol. The van der Waals surface area contributed by atoms with Crippen LogP contribution in [0, 0.1) is 5.92 Å². The largest absolute Gasteiger partial charge is 0.493 e. The highest BCUT2D eigenvalue weighted by Gasteiger charge is 2.32. The average Bonchev–Trinajstić information content (AvgIpc) is 3.09. The summed E-state index contributed by atoms with van der Waals surface area (Å²) in [6.07, 6.45) is 2.97. The number of aromatic nitrogens is 2. The van der Waals surface area contributed by atoms with E-state index in [1.54, 1.807) is 13.3 Å². The molecule has 0 aliphatic heterocycles. The third kappa shape index (κ3) is 2.10. The summed E-state index contributed by atoms with van der Waals surface area (Å²) in [5.41, 5.74) is 3.49. The molecule has 1 aliphatic rings. The Morgan fingerprint density at radius 3 is 2.55 bits per heavy atom. The fourth-order valence-corrected chi connectivity index (χ4v) is 3.12. The standard InChI is InChI=1S/C16H20N2O2/c1-3-18-15(14(20-2)10-17-18)16(19)13-8-11-6-4-5-7-12(11)9-13/h4-7,10,13,16,19H,3,8-9H2,1-2H3. The quantitative estimate of drug-likeness (QED) is 0.929. The highest BCUT2D eigenvalue weighted by atomic mass is 16.5. The highest BCUT2D eigenvalue weighted by Crippen LogP contribution is 2.38. The summed E-state index contributed by atoms with van der Waals surface area (Å²) in [6, 6.07) is 8.42. The van der Waals surface area contributed by atoms with Crippen LogP contribution in [0.25, 0.3) is 0 Å². The van der Waals surface area contributed by atoms with Gasteiger partial charge in [-0.2, -0.15) is 5.10 Å². The van der Waals surface area contributed by atoms with Gasteiger partial charge in [-0.15, -0.1) is 0 Å². The van der Waals surface area contributed by atoms with Gasteiger partial charge in [0.2, 0.25) is 0 Å². The fraction of sp³-hybridized carbons (Fsp3) is 0.438. The van der Waals surface area contributed by atoms with Gasteiger partial charge in [0.05, 0.1) is 13.3 Å². The van der Waals surface area contributed by atoms with Gasteiger partial charge in [-0.25, -0.2) is 0 Å². The minimum Gasteiger partial charge on any atom is -0.493 e. The molecule has 1 aliphatic carbocycles. The van der Waals surface area contributed by atoms with E-state index < -0.39 is 6.10 Å². The molecule has 1 unspecified atom stereocenters. The number of benzene rings is 1. The van der Waals surface area contributed by atoms with Crippen LogP contribution in [0.3, 0.4) is 0 Å². The molecular formula is C16H20N2O2. The van der Waals surface area contributed by atoms with Gasteiger partial charge in [-0.05, 0) is 36.8 Å². The number of nitrogens with zero attached hydrogens (tertiary/aromatic N) is 2. The number of fused-ring (bicyclic) bond motifs is 1. The predicted octanol–water partition coefficient (Wildman–Crippen LogP) is 2.36. The van der Waals surface area contributed by atoms with Crippen LogP contribution in [-0.2, 0) is 19.4 Å². The molecule has 0 spiro atoms. The third-order valence-electron chi connectivity index (χ3n) is 4.17. The Morgan fingerprint density at radius 1 is 1.35 bits per heavy atom. The number of aryl methyl sites for hydroxylation is 1. The lowest BCUT2D eigenvalue weighted by Gasteiger charge is -2.20. The van der Waals surface area contributed by atoms with E-state index in [-0.39, 0.29) is 5.92 Å². The Bertz CT molecular complexity index is 560. The van der Waals surface area contributed by atoms with E-state index in [4.69, 9.17) is 4.74 Å². The molecule has 0 radical (unpaired) electrons. The number of ether oxygens (including phenoxy) is 1. The minimum absolute atomic E-state index is 0.197. The van der Waals surface area contributed by atoms with Crippen molar-refractivity contribution >= 4 is 0 Å². The zero-order chi connectivity index (χ0) is 14.1. The van der Waals surface area contributed by atoms with Crippen molar-refractivity contribution in [1.29, 1.82) is 0 Å². The smallest absolute Gasteiger partial charge is 0.162 e. The summed E-state index contributed by atoms with van der Waals surface area (Å²) in [5, 5.41) is 15.0. The normalized spacial score (nSPS) is 16.1. The monoisotopic (exact) mass is 272 g/mol. The Labute approximate surface area is 119 Å². The van der Waals surface area contributed by atoms with E-state index >= 15 is 0 Å². The molecular weight excluding hydrogens is 252 g/mol. The molecule has 0 fully saturated rings. The Hall–Kier alpha value is -1.81. The van der Waals surface area contributed by atoms with Crippen molar-refractivity contribution in [2.75, 3.05) is 7.11 Å². The average molecular weight is 272 g/mol. The Kier molecular flexibility index (Phi) is 3.49.